The molecule has 2 heterocycles. The molecule has 0 radical (unpaired) electrons. The van der Waals surface area contributed by atoms with Crippen LogP contribution < -0.4 is 10.2 Å². The minimum atomic E-state index is -3.41. The highest BCUT2D eigenvalue weighted by Crippen LogP contribution is 2.13. The van der Waals surface area contributed by atoms with E-state index in [1.54, 1.807) is 6.07 Å². The van der Waals surface area contributed by atoms with Crippen LogP contribution in [0.25, 0.3) is 0 Å². The molecule has 0 bridgehead atoms. The molecule has 172 valence electrons. The fourth-order valence-corrected chi connectivity index (χ4v) is 4.74. The zero-order valence-corrected chi connectivity index (χ0v) is 21.1. The minimum absolute atomic E-state index is 0. The van der Waals surface area contributed by atoms with Crippen molar-refractivity contribution in [3.63, 3.8) is 0 Å². The van der Waals surface area contributed by atoms with Crippen molar-refractivity contribution in [2.24, 2.45) is 4.99 Å². The van der Waals surface area contributed by atoms with E-state index in [1.807, 2.05) is 25.1 Å². The quantitative estimate of drug-likeness (QED) is 0.298. The van der Waals surface area contributed by atoms with Gasteiger partial charge < -0.3 is 19.6 Å². The molecule has 1 N–H and O–H groups in total. The van der Waals surface area contributed by atoms with Crippen molar-refractivity contribution in [1.82, 2.24) is 19.7 Å². The first-order valence-electron chi connectivity index (χ1n) is 10.2. The first-order valence-corrected chi connectivity index (χ1v) is 11.8. The summed E-state index contributed by atoms with van der Waals surface area (Å²) in [6, 6.07) is 11.8. The van der Waals surface area contributed by atoms with Crippen LogP contribution in [0, 0.1) is 0 Å². The van der Waals surface area contributed by atoms with E-state index in [1.165, 1.54) is 10.6 Å². The van der Waals surface area contributed by atoms with Gasteiger partial charge in [-0.3, -0.25) is 4.99 Å². The van der Waals surface area contributed by atoms with Crippen molar-refractivity contribution >= 4 is 45.6 Å². The summed E-state index contributed by atoms with van der Waals surface area (Å²) in [5.74, 6) is 0.691. The number of guanidine groups is 1. The number of halogens is 1. The van der Waals surface area contributed by atoms with Crippen LogP contribution in [-0.4, -0.2) is 81.6 Å². The predicted molar refractivity (Wildman–Crippen MR) is 133 cm³/mol. The molecule has 9 nitrogen and oxygen atoms in total. The van der Waals surface area contributed by atoms with Crippen LogP contribution in [0.15, 0.2) is 52.2 Å². The molecule has 0 amide bonds. The van der Waals surface area contributed by atoms with Crippen LogP contribution in [-0.2, 0) is 15.8 Å². The number of sulfonamides is 1. The summed E-state index contributed by atoms with van der Waals surface area (Å²) in [6.07, 6.45) is 1.39. The lowest BCUT2D eigenvalue weighted by atomic mass is 10.3. The number of piperazine rings is 1. The van der Waals surface area contributed by atoms with Gasteiger partial charge in [0.2, 0.25) is 10.0 Å². The Bertz CT molecular complexity index is 900. The lowest BCUT2D eigenvalue weighted by Gasteiger charge is -2.35. The van der Waals surface area contributed by atoms with Crippen molar-refractivity contribution < 1.29 is 12.9 Å². The number of nitrogens with zero attached hydrogens (tertiary/aromatic N) is 5. The van der Waals surface area contributed by atoms with E-state index < -0.39 is 10.0 Å². The van der Waals surface area contributed by atoms with Gasteiger partial charge in [-0.25, -0.2) is 8.42 Å². The molecule has 3 rings (SSSR count). The Morgan fingerprint density at radius 3 is 2.52 bits per heavy atom. The third-order valence-corrected chi connectivity index (χ3v) is 6.79. The highest BCUT2D eigenvalue weighted by Gasteiger charge is 2.28. The maximum Gasteiger partial charge on any atom is 0.220 e. The van der Waals surface area contributed by atoms with Crippen molar-refractivity contribution in [3.05, 3.63) is 48.4 Å². The topological polar surface area (TPSA) is 94.3 Å². The number of anilines is 1. The monoisotopic (exact) mass is 562 g/mol. The number of rotatable bonds is 8. The van der Waals surface area contributed by atoms with E-state index in [9.17, 15) is 8.42 Å². The van der Waals surface area contributed by atoms with Crippen molar-refractivity contribution in [3.8, 4) is 0 Å². The summed E-state index contributed by atoms with van der Waals surface area (Å²) >= 11 is 0. The third kappa shape index (κ3) is 7.35. The second-order valence-corrected chi connectivity index (χ2v) is 9.09. The maximum absolute atomic E-state index is 12.6. The molecule has 0 unspecified atom stereocenters. The van der Waals surface area contributed by atoms with Gasteiger partial charge in [0.05, 0.1) is 12.2 Å². The summed E-state index contributed by atoms with van der Waals surface area (Å²) in [6.45, 7) is 6.28. The molecule has 0 atom stereocenters. The van der Waals surface area contributed by atoms with Crippen LogP contribution in [0.3, 0.4) is 0 Å². The number of likely N-dealkylation sites (N-methyl/N-ethyl adjacent to an activating group) is 1. The van der Waals surface area contributed by atoms with Gasteiger partial charge in [-0.05, 0) is 19.1 Å². The smallest absolute Gasteiger partial charge is 0.220 e. The first-order chi connectivity index (χ1) is 14.5. The summed E-state index contributed by atoms with van der Waals surface area (Å²) < 4.78 is 31.5. The highest BCUT2D eigenvalue weighted by molar-refractivity contribution is 14.0. The van der Waals surface area contributed by atoms with E-state index >= 15 is 0 Å². The molecule has 2 aromatic rings. The first kappa shape index (κ1) is 25.4. The average molecular weight is 562 g/mol. The van der Waals surface area contributed by atoms with Gasteiger partial charge in [-0.2, -0.15) is 4.31 Å². The number of benzene rings is 1. The van der Waals surface area contributed by atoms with E-state index in [4.69, 9.17) is 9.52 Å². The molecular weight excluding hydrogens is 531 g/mol. The minimum Gasteiger partial charge on any atom is -0.373 e. The van der Waals surface area contributed by atoms with Crippen LogP contribution >= 0.6 is 24.0 Å². The molecule has 0 spiro atoms. The fourth-order valence-electron chi connectivity index (χ4n) is 3.31. The van der Waals surface area contributed by atoms with Crippen LogP contribution in [0.5, 0.6) is 0 Å². The van der Waals surface area contributed by atoms with Gasteiger partial charge in [0.25, 0.3) is 0 Å². The van der Waals surface area contributed by atoms with E-state index in [2.05, 4.69) is 39.5 Å². The SMILES string of the molecule is CCNC(=NCCN(C)c1ccccc1)N1CCN(S(=O)(=O)Cc2ccon2)CC1.I. The van der Waals surface area contributed by atoms with Crippen LogP contribution in [0.4, 0.5) is 5.69 Å². The van der Waals surface area contributed by atoms with Gasteiger partial charge in [-0.15, -0.1) is 24.0 Å². The molecule has 1 aliphatic rings. The predicted octanol–water partition coefficient (Wildman–Crippen LogP) is 1.84. The standard InChI is InChI=1S/C20H30N6O3S.HI/c1-3-21-20(22-10-11-24(2)19-7-5-4-6-8-19)25-12-14-26(15-13-25)30(27,28)17-18-9-16-29-23-18;/h4-9,16H,3,10-15,17H2,1-2H3,(H,21,22);1H. The molecule has 1 fully saturated rings. The second-order valence-electron chi connectivity index (χ2n) is 7.13. The number of hydrogen-bond donors (Lipinski definition) is 1. The van der Waals surface area contributed by atoms with Crippen molar-refractivity contribution in [2.45, 2.75) is 12.7 Å². The number of nitrogens with one attached hydrogen (secondary N) is 1. The Morgan fingerprint density at radius 2 is 1.90 bits per heavy atom. The highest BCUT2D eigenvalue weighted by atomic mass is 127. The van der Waals surface area contributed by atoms with Gasteiger partial charge in [0.1, 0.15) is 12.0 Å². The Labute approximate surface area is 201 Å². The molecular formula is C20H31IN6O3S. The summed E-state index contributed by atoms with van der Waals surface area (Å²) in [7, 11) is -1.36. The maximum atomic E-state index is 12.6. The number of aliphatic imine (C=N–C) groups is 1. The molecule has 1 aliphatic heterocycles. The van der Waals surface area contributed by atoms with Gasteiger partial charge in [0, 0.05) is 58.1 Å². The molecule has 0 saturated carbocycles. The van der Waals surface area contributed by atoms with E-state index in [0.29, 0.717) is 38.4 Å². The van der Waals surface area contributed by atoms with Crippen LogP contribution in [0.2, 0.25) is 0 Å². The lowest BCUT2D eigenvalue weighted by Crippen LogP contribution is -2.54. The third-order valence-electron chi connectivity index (χ3n) is 4.98. The average Bonchev–Trinajstić information content (AvgIpc) is 3.26. The normalized spacial score (nSPS) is 15.4. The largest absolute Gasteiger partial charge is 0.373 e. The molecule has 1 aromatic carbocycles. The van der Waals surface area contributed by atoms with Gasteiger partial charge in [-0.1, -0.05) is 23.4 Å². The zero-order chi connectivity index (χ0) is 21.4. The zero-order valence-electron chi connectivity index (χ0n) is 18.0. The lowest BCUT2D eigenvalue weighted by molar-refractivity contribution is 0.260. The van der Waals surface area contributed by atoms with E-state index in [0.717, 1.165) is 24.7 Å². The Morgan fingerprint density at radius 1 is 1.19 bits per heavy atom. The number of hydrogen-bond acceptors (Lipinski definition) is 6. The molecule has 1 aromatic heterocycles. The molecule has 0 aliphatic carbocycles. The van der Waals surface area contributed by atoms with Gasteiger partial charge >= 0.3 is 0 Å². The second kappa shape index (κ2) is 12.2. The Kier molecular flexibility index (Phi) is 10.0. The summed E-state index contributed by atoms with van der Waals surface area (Å²) in [5.41, 5.74) is 1.58. The fraction of sp³-hybridized carbons (Fsp3) is 0.500. The van der Waals surface area contributed by atoms with Gasteiger partial charge in [0.15, 0.2) is 5.96 Å². The summed E-state index contributed by atoms with van der Waals surface area (Å²) in [5, 5.41) is 7.03. The molecule has 11 heteroatoms. The Hall–Kier alpha value is -1.86. The summed E-state index contributed by atoms with van der Waals surface area (Å²) in [4.78, 5) is 9.04. The molecule has 1 saturated heterocycles. The Balaban J connectivity index is 0.00000341. The number of para-hydroxylation sites is 1. The van der Waals surface area contributed by atoms with E-state index in [-0.39, 0.29) is 29.7 Å². The molecule has 31 heavy (non-hydrogen) atoms. The van der Waals surface area contributed by atoms with Crippen molar-refractivity contribution in [2.75, 3.05) is 57.8 Å². The van der Waals surface area contributed by atoms with Crippen LogP contribution in [0.1, 0.15) is 12.6 Å². The number of aromatic nitrogens is 1. The van der Waals surface area contributed by atoms with Crippen molar-refractivity contribution in [1.29, 1.82) is 0 Å².